The topological polar surface area (TPSA) is 78.8 Å². The average Bonchev–Trinajstić information content (AvgIpc) is 2.65. The molecule has 0 atom stereocenters. The Morgan fingerprint density at radius 3 is 2.15 bits per heavy atom. The van der Waals surface area contributed by atoms with E-state index in [0.29, 0.717) is 21.2 Å². The van der Waals surface area contributed by atoms with Gasteiger partial charge in [0.05, 0.1) is 10.6 Å². The number of nitrogens with zero attached hydrogens (tertiary/aromatic N) is 1. The Hall–Kier alpha value is -2.54. The number of halogens is 2. The minimum Gasteiger partial charge on any atom is -0.410 e. The van der Waals surface area contributed by atoms with Gasteiger partial charge in [-0.1, -0.05) is 58.7 Å². The van der Waals surface area contributed by atoms with E-state index >= 15 is 0 Å². The molecule has 0 aliphatic heterocycles. The van der Waals surface area contributed by atoms with Crippen molar-refractivity contribution in [3.63, 3.8) is 0 Å². The molecule has 3 aromatic rings. The summed E-state index contributed by atoms with van der Waals surface area (Å²) in [6, 6.07) is 19.2. The van der Waals surface area contributed by atoms with Gasteiger partial charge in [-0.25, -0.2) is 8.42 Å². The van der Waals surface area contributed by atoms with Crippen LogP contribution in [0.4, 0.5) is 5.69 Å². The Morgan fingerprint density at radius 2 is 1.52 bits per heavy atom. The molecule has 0 heterocycles. The van der Waals surface area contributed by atoms with E-state index in [0.717, 1.165) is 0 Å². The molecule has 0 aliphatic rings. The highest BCUT2D eigenvalue weighted by Crippen LogP contribution is 2.27. The van der Waals surface area contributed by atoms with Crippen molar-refractivity contribution >= 4 is 44.6 Å². The first-order chi connectivity index (χ1) is 12.9. The molecule has 138 valence electrons. The van der Waals surface area contributed by atoms with Crippen molar-refractivity contribution in [3.8, 4) is 0 Å². The number of oxime groups is 1. The zero-order valence-electron chi connectivity index (χ0n) is 13.8. The molecular weight excluding hydrogens is 407 g/mol. The van der Waals surface area contributed by atoms with E-state index in [1.54, 1.807) is 30.3 Å². The van der Waals surface area contributed by atoms with E-state index in [9.17, 15) is 13.6 Å². The third kappa shape index (κ3) is 4.42. The highest BCUT2D eigenvalue weighted by atomic mass is 35.5. The molecule has 3 aromatic carbocycles. The molecule has 0 aromatic heterocycles. The quantitative estimate of drug-likeness (QED) is 0.345. The lowest BCUT2D eigenvalue weighted by molar-refractivity contribution is 0.319. The van der Waals surface area contributed by atoms with Crippen molar-refractivity contribution in [1.29, 1.82) is 0 Å². The second kappa shape index (κ2) is 8.00. The maximum Gasteiger partial charge on any atom is 0.261 e. The third-order valence-electron chi connectivity index (χ3n) is 3.75. The molecule has 0 aliphatic carbocycles. The summed E-state index contributed by atoms with van der Waals surface area (Å²) < 4.78 is 27.9. The summed E-state index contributed by atoms with van der Waals surface area (Å²) in [7, 11) is -3.88. The van der Waals surface area contributed by atoms with Crippen molar-refractivity contribution in [1.82, 2.24) is 0 Å². The summed E-state index contributed by atoms with van der Waals surface area (Å²) in [6.07, 6.45) is 0. The van der Waals surface area contributed by atoms with Crippen LogP contribution in [0.1, 0.15) is 11.1 Å². The number of benzene rings is 3. The summed E-state index contributed by atoms with van der Waals surface area (Å²) in [5.74, 6) is 0. The van der Waals surface area contributed by atoms with Crippen molar-refractivity contribution in [2.45, 2.75) is 4.90 Å². The first-order valence-corrected chi connectivity index (χ1v) is 10.0. The summed E-state index contributed by atoms with van der Waals surface area (Å²) in [5, 5.41) is 13.7. The lowest BCUT2D eigenvalue weighted by atomic mass is 10.0. The van der Waals surface area contributed by atoms with Gasteiger partial charge >= 0.3 is 0 Å². The van der Waals surface area contributed by atoms with Crippen LogP contribution in [0.15, 0.2) is 82.8 Å². The monoisotopic (exact) mass is 420 g/mol. The Labute approximate surface area is 166 Å². The van der Waals surface area contributed by atoms with Gasteiger partial charge in [0.1, 0.15) is 5.71 Å². The van der Waals surface area contributed by atoms with Gasteiger partial charge in [-0.2, -0.15) is 0 Å². The van der Waals surface area contributed by atoms with Crippen LogP contribution in [0.2, 0.25) is 10.0 Å². The fraction of sp³-hybridized carbons (Fsp3) is 0. The fourth-order valence-corrected chi connectivity index (χ4v) is 3.86. The van der Waals surface area contributed by atoms with E-state index in [1.807, 2.05) is 6.07 Å². The third-order valence-corrected chi connectivity index (χ3v) is 5.62. The average molecular weight is 421 g/mol. The van der Waals surface area contributed by atoms with E-state index in [4.69, 9.17) is 23.2 Å². The molecule has 0 amide bonds. The maximum atomic E-state index is 12.7. The Kier molecular flexibility index (Phi) is 5.70. The maximum absolute atomic E-state index is 12.7. The zero-order valence-corrected chi connectivity index (χ0v) is 16.1. The van der Waals surface area contributed by atoms with E-state index in [1.165, 1.54) is 36.4 Å². The summed E-state index contributed by atoms with van der Waals surface area (Å²) in [5.41, 5.74) is 1.36. The van der Waals surface area contributed by atoms with Gasteiger partial charge in [0.15, 0.2) is 0 Å². The molecule has 0 bridgehead atoms. The SMILES string of the molecule is O=S(=O)(Nc1ccc(Cl)cc1/C(=N\O)c1ccccc1)c1ccc(Cl)cc1. The second-order valence-electron chi connectivity index (χ2n) is 5.56. The smallest absolute Gasteiger partial charge is 0.261 e. The van der Waals surface area contributed by atoms with Crippen LogP contribution in [-0.4, -0.2) is 19.3 Å². The molecule has 0 saturated heterocycles. The number of rotatable bonds is 5. The first-order valence-electron chi connectivity index (χ1n) is 7.76. The summed E-state index contributed by atoms with van der Waals surface area (Å²) in [6.45, 7) is 0. The van der Waals surface area contributed by atoms with E-state index < -0.39 is 10.0 Å². The van der Waals surface area contributed by atoms with Crippen LogP contribution < -0.4 is 4.72 Å². The Bertz CT molecular complexity index is 1080. The van der Waals surface area contributed by atoms with Crippen molar-refractivity contribution in [2.24, 2.45) is 5.16 Å². The van der Waals surface area contributed by atoms with E-state index in [2.05, 4.69) is 9.88 Å². The minimum absolute atomic E-state index is 0.0509. The zero-order chi connectivity index (χ0) is 19.4. The number of anilines is 1. The van der Waals surface area contributed by atoms with Crippen LogP contribution in [0.3, 0.4) is 0 Å². The predicted molar refractivity (Wildman–Crippen MR) is 108 cm³/mol. The van der Waals surface area contributed by atoms with Gasteiger partial charge < -0.3 is 5.21 Å². The van der Waals surface area contributed by atoms with Crippen LogP contribution in [0, 0.1) is 0 Å². The normalized spacial score (nSPS) is 12.0. The van der Waals surface area contributed by atoms with Crippen LogP contribution in [0.25, 0.3) is 0 Å². The van der Waals surface area contributed by atoms with Crippen LogP contribution in [-0.2, 0) is 10.0 Å². The molecular formula is C19H14Cl2N2O3S. The number of hydrogen-bond acceptors (Lipinski definition) is 4. The Balaban J connectivity index is 2.06. The number of nitrogens with one attached hydrogen (secondary N) is 1. The van der Waals surface area contributed by atoms with Gasteiger partial charge in [-0.05, 0) is 42.5 Å². The second-order valence-corrected chi connectivity index (χ2v) is 8.12. The number of hydrogen-bond donors (Lipinski definition) is 2. The van der Waals surface area contributed by atoms with Gasteiger partial charge in [-0.3, -0.25) is 4.72 Å². The molecule has 0 spiro atoms. The largest absolute Gasteiger partial charge is 0.410 e. The summed E-state index contributed by atoms with van der Waals surface area (Å²) in [4.78, 5) is 0.0509. The van der Waals surface area contributed by atoms with Gasteiger partial charge in [-0.15, -0.1) is 0 Å². The molecule has 8 heteroatoms. The highest BCUT2D eigenvalue weighted by molar-refractivity contribution is 7.92. The fourth-order valence-electron chi connectivity index (χ4n) is 2.48. The van der Waals surface area contributed by atoms with Crippen LogP contribution in [0.5, 0.6) is 0 Å². The van der Waals surface area contributed by atoms with Gasteiger partial charge in [0, 0.05) is 21.2 Å². The lowest BCUT2D eigenvalue weighted by Gasteiger charge is -2.14. The molecule has 5 nitrogen and oxygen atoms in total. The molecule has 0 unspecified atom stereocenters. The molecule has 27 heavy (non-hydrogen) atoms. The van der Waals surface area contributed by atoms with Crippen molar-refractivity contribution in [2.75, 3.05) is 4.72 Å². The Morgan fingerprint density at radius 1 is 0.889 bits per heavy atom. The highest BCUT2D eigenvalue weighted by Gasteiger charge is 2.19. The standard InChI is InChI=1S/C19H14Cl2N2O3S/c20-14-6-9-16(10-7-14)27(25,26)23-18-11-8-15(21)12-17(18)19(22-24)13-4-2-1-3-5-13/h1-12,23-24H/b22-19-. The molecule has 2 N–H and O–H groups in total. The van der Waals surface area contributed by atoms with Crippen LogP contribution >= 0.6 is 23.2 Å². The van der Waals surface area contributed by atoms with Crippen molar-refractivity contribution in [3.05, 3.63) is 94.0 Å². The minimum atomic E-state index is -3.88. The molecule has 0 fully saturated rings. The predicted octanol–water partition coefficient (Wildman–Crippen LogP) is 5.02. The molecule has 3 rings (SSSR count). The number of sulfonamides is 1. The van der Waals surface area contributed by atoms with Gasteiger partial charge in [0.25, 0.3) is 10.0 Å². The first kappa shape index (κ1) is 19.2. The van der Waals surface area contributed by atoms with Crippen molar-refractivity contribution < 1.29 is 13.6 Å². The van der Waals surface area contributed by atoms with E-state index in [-0.39, 0.29) is 16.3 Å². The molecule has 0 saturated carbocycles. The van der Waals surface area contributed by atoms with Gasteiger partial charge in [0.2, 0.25) is 0 Å². The molecule has 0 radical (unpaired) electrons. The summed E-state index contributed by atoms with van der Waals surface area (Å²) >= 11 is 11.9. The lowest BCUT2D eigenvalue weighted by Crippen LogP contribution is -2.16.